The van der Waals surface area contributed by atoms with Crippen molar-refractivity contribution in [1.82, 2.24) is 25.3 Å². The minimum absolute atomic E-state index is 0. The molecule has 2 fully saturated rings. The van der Waals surface area contributed by atoms with E-state index in [4.69, 9.17) is 15.2 Å². The van der Waals surface area contributed by atoms with Crippen LogP contribution in [0, 0.1) is 22.0 Å². The van der Waals surface area contributed by atoms with Crippen LogP contribution in [0.1, 0.15) is 65.8 Å². The number of nitrogens with two attached hydrogens (primary N) is 1. The molecule has 1 atom stereocenters. The number of hydrogen-bond donors (Lipinski definition) is 2. The van der Waals surface area contributed by atoms with Gasteiger partial charge in [0, 0.05) is 69.0 Å². The molecule has 4 heterocycles. The molecule has 0 radical (unpaired) electrons. The molecule has 324 valence electrons. The zero-order valence-electron chi connectivity index (χ0n) is 32.7. The molecule has 0 saturated carbocycles. The zero-order valence-corrected chi connectivity index (χ0v) is 45.9. The third-order valence-corrected chi connectivity index (χ3v) is 8.67. The average molecular weight is 1430 g/mol. The Kier molecular flexibility index (Phi) is 34.7. The molecule has 1 aromatic carbocycles. The topological polar surface area (TPSA) is 218 Å². The molecule has 2 aromatic heterocycles. The fourth-order valence-electron chi connectivity index (χ4n) is 5.01. The van der Waals surface area contributed by atoms with Gasteiger partial charge in [-0.2, -0.15) is 0 Å². The van der Waals surface area contributed by atoms with E-state index >= 15 is 0 Å². The Labute approximate surface area is 411 Å². The van der Waals surface area contributed by atoms with Crippen molar-refractivity contribution >= 4 is 147 Å². The number of alkyl halides is 1. The molecule has 0 bridgehead atoms. The maximum absolute atomic E-state index is 11.5. The van der Waals surface area contributed by atoms with Gasteiger partial charge in [-0.25, -0.2) is 29.5 Å². The number of hydrogen-bond acceptors (Lipinski definition) is 15. The summed E-state index contributed by atoms with van der Waals surface area (Å²) in [7, 11) is -1.23. The number of aromatic nitrogens is 4. The fraction of sp³-hybridized carbons (Fsp3) is 0.514. The summed E-state index contributed by atoms with van der Waals surface area (Å²) >= 11 is 9.54. The molecule has 16 nitrogen and oxygen atoms in total. The third kappa shape index (κ3) is 24.8. The van der Waals surface area contributed by atoms with Crippen LogP contribution in [0.25, 0.3) is 0 Å². The number of carbonyl (C=O) groups excluding carboxylic acids is 2. The molecule has 3 N–H and O–H groups in total. The van der Waals surface area contributed by atoms with Crippen LogP contribution in [0.4, 0.5) is 11.6 Å². The van der Waals surface area contributed by atoms with Crippen molar-refractivity contribution in [1.29, 1.82) is 0 Å². The quantitative estimate of drug-likeness (QED) is 0.0360. The molecular formula is C35H51I5N9O7SV. The summed E-state index contributed by atoms with van der Waals surface area (Å²) in [4.78, 5) is 57.0. The van der Waals surface area contributed by atoms with Crippen LogP contribution in [-0.4, -0.2) is 111 Å². The molecule has 58 heavy (non-hydrogen) atoms. The van der Waals surface area contributed by atoms with E-state index in [0.717, 1.165) is 57.7 Å². The number of rotatable bonds is 11. The first-order chi connectivity index (χ1) is 27.4. The van der Waals surface area contributed by atoms with Gasteiger partial charge in [0.1, 0.15) is 0 Å². The summed E-state index contributed by atoms with van der Waals surface area (Å²) in [6.07, 6.45) is 13.4. The van der Waals surface area contributed by atoms with Crippen molar-refractivity contribution in [2.45, 2.75) is 44.7 Å². The number of anilines is 1. The second-order valence-electron chi connectivity index (χ2n) is 11.8. The van der Waals surface area contributed by atoms with Crippen molar-refractivity contribution in [3.63, 3.8) is 0 Å². The molecule has 2 aliphatic rings. The Bertz CT molecular complexity index is 1640. The van der Waals surface area contributed by atoms with E-state index in [1.54, 1.807) is 32.2 Å². The Balaban J connectivity index is 0.000000786. The number of nitrogens with zero attached hydrogens (tertiary/aromatic N) is 7. The summed E-state index contributed by atoms with van der Waals surface area (Å²) < 4.78 is 20.6. The first kappa shape index (κ1) is 57.5. The number of carbonyl (C=O) groups is 2. The maximum atomic E-state index is 11.5. The molecule has 0 amide bonds. The number of nitro benzene ring substituents is 1. The fourth-order valence-corrected chi connectivity index (χ4v) is 5.41. The van der Waals surface area contributed by atoms with Crippen LogP contribution in [0.3, 0.4) is 0 Å². The van der Waals surface area contributed by atoms with Gasteiger partial charge in [-0.05, 0) is 93.6 Å². The Morgan fingerprint density at radius 2 is 1.40 bits per heavy atom. The second-order valence-corrected chi connectivity index (χ2v) is 48.5. The van der Waals surface area contributed by atoms with Crippen molar-refractivity contribution in [3.8, 4) is 0 Å². The molecule has 23 heteroatoms. The number of esters is 2. The molecular weight excluding hydrogens is 1380 g/mol. The Morgan fingerprint density at radius 3 is 1.81 bits per heavy atom. The molecule has 5 rings (SSSR count). The van der Waals surface area contributed by atoms with Gasteiger partial charge < -0.3 is 25.4 Å². The van der Waals surface area contributed by atoms with Crippen molar-refractivity contribution in [2.75, 3.05) is 68.6 Å². The van der Waals surface area contributed by atoms with E-state index in [1.165, 1.54) is 56.0 Å². The third-order valence-electron chi connectivity index (χ3n) is 7.94. The number of aliphatic imine (C=N–C) groups is 1. The standard InChI is InChI=1S/C13H20N4O2.C13H17N3O2.C8H10N2O3S.CH3I.4HI.V/c1-2-19-12(18)11-8-15-13(16-9-11)17-5-3-10(7-14)4-6-17;17-16(18)13-3-1-11(2-4-13)9-15-10-12-5-7-14-8-6-12;1-3-13-7(11)6-4-9-8(10-5-6)14(2)12;1-2;;;;;/h8-10H,2-7,14H2,1H3;1-4,9,12,14H,5-8,10H2;4-5H,3H2,1-2H3;1H3;4*1H;/q;;;;;;;;+3/p-3. The van der Waals surface area contributed by atoms with Gasteiger partial charge in [-0.15, -0.1) is 24.0 Å². The first-order valence-corrected chi connectivity index (χ1v) is 35.0. The van der Waals surface area contributed by atoms with E-state index in [-0.39, 0.29) is 51.3 Å². The summed E-state index contributed by atoms with van der Waals surface area (Å²) in [6.45, 7) is 9.74. The van der Waals surface area contributed by atoms with Crippen LogP contribution >= 0.6 is 107 Å². The van der Waals surface area contributed by atoms with Crippen molar-refractivity contribution < 1.29 is 33.1 Å². The molecule has 1 unspecified atom stereocenters. The van der Waals surface area contributed by atoms with Crippen LogP contribution < -0.4 is 16.0 Å². The number of nitrogens with one attached hydrogen (secondary N) is 1. The molecule has 3 aromatic rings. The van der Waals surface area contributed by atoms with Gasteiger partial charge in [0.15, 0.2) is 0 Å². The predicted molar refractivity (Wildman–Crippen MR) is 271 cm³/mol. The zero-order chi connectivity index (χ0) is 42.6. The van der Waals surface area contributed by atoms with Crippen molar-refractivity contribution in [3.05, 3.63) is 75.9 Å². The van der Waals surface area contributed by atoms with E-state index in [1.807, 2.05) is 4.93 Å². The van der Waals surface area contributed by atoms with Gasteiger partial charge >= 0.3 is 76.8 Å². The number of ether oxygens (including phenoxy) is 2. The number of piperidine rings is 2. The molecule has 2 aliphatic heterocycles. The van der Waals surface area contributed by atoms with Gasteiger partial charge in [0.05, 0.1) is 40.1 Å². The Morgan fingerprint density at radius 1 is 0.931 bits per heavy atom. The molecule has 0 spiro atoms. The van der Waals surface area contributed by atoms with Crippen LogP contribution in [0.15, 0.2) is 59.2 Å². The number of non-ortho nitro benzene ring substituents is 1. The van der Waals surface area contributed by atoms with E-state index < -0.39 is 21.7 Å². The summed E-state index contributed by atoms with van der Waals surface area (Å²) in [5.41, 5.74) is 7.35. The summed E-state index contributed by atoms with van der Waals surface area (Å²) in [5.74, 6) is 1.09. The van der Waals surface area contributed by atoms with Crippen LogP contribution in [0.5, 0.6) is 0 Å². The van der Waals surface area contributed by atoms with Crippen LogP contribution in [0.2, 0.25) is 0 Å². The van der Waals surface area contributed by atoms with Gasteiger partial charge in [0.25, 0.3) is 5.69 Å². The average Bonchev–Trinajstić information content (AvgIpc) is 3.23. The van der Waals surface area contributed by atoms with Gasteiger partial charge in [0.2, 0.25) is 11.1 Å². The normalized spacial score (nSPS) is 14.3. The number of benzene rings is 1. The number of halogens is 5. The summed E-state index contributed by atoms with van der Waals surface area (Å²) in [6, 6.07) is 6.46. The van der Waals surface area contributed by atoms with E-state index in [2.05, 4.69) is 118 Å². The van der Waals surface area contributed by atoms with E-state index in [0.29, 0.717) is 36.6 Å². The second kappa shape index (κ2) is 35.0. The van der Waals surface area contributed by atoms with Crippen molar-refractivity contribution in [2.24, 2.45) is 22.6 Å². The summed E-state index contributed by atoms with van der Waals surface area (Å²) in [5, 5.41) is 14.0. The van der Waals surface area contributed by atoms with E-state index in [9.17, 15) is 23.9 Å². The minimum atomic E-state index is -1.23. The SMILES string of the molecule is CCOC(=O)c1cnc(N2CCC(CN)CC2)nc1.CCOC(=O)c1cnc(S(C)=O)nc1.CI.I.O=[N+]([O-])c1ccc(C=NCC2CCNCC2)cc1.[I][V]([I])[I]. The molecule has 0 aliphatic carbocycles. The van der Waals surface area contributed by atoms with Crippen LogP contribution in [-0.2, 0) is 25.2 Å². The first-order valence-electron chi connectivity index (χ1n) is 17.7. The monoisotopic (exact) mass is 1430 g/mol. The van der Waals surface area contributed by atoms with Gasteiger partial charge in [-0.1, -0.05) is 22.6 Å². The number of nitro groups is 1. The van der Waals surface area contributed by atoms with Gasteiger partial charge in [-0.3, -0.25) is 19.3 Å². The predicted octanol–water partition coefficient (Wildman–Crippen LogP) is 7.56. The Hall–Kier alpha value is -0.506. The molecule has 2 saturated heterocycles.